The minimum atomic E-state index is 1.01. The van der Waals surface area contributed by atoms with Gasteiger partial charge in [0.2, 0.25) is 0 Å². The Morgan fingerprint density at radius 3 is 3.08 bits per heavy atom. The minimum absolute atomic E-state index is 1.01. The molecule has 3 heteroatoms. The predicted molar refractivity (Wildman–Crippen MR) is 52.3 cm³/mol. The van der Waals surface area contributed by atoms with E-state index in [9.17, 15) is 0 Å². The van der Waals surface area contributed by atoms with Gasteiger partial charge in [-0.15, -0.1) is 0 Å². The molecule has 2 nitrogen and oxygen atoms in total. The Balaban J connectivity index is 2.83. The van der Waals surface area contributed by atoms with Crippen molar-refractivity contribution in [1.29, 1.82) is 0 Å². The van der Waals surface area contributed by atoms with Crippen molar-refractivity contribution in [3.8, 4) is 0 Å². The van der Waals surface area contributed by atoms with Crippen LogP contribution in [0.1, 0.15) is 12.6 Å². The second-order valence-electron chi connectivity index (χ2n) is 2.67. The van der Waals surface area contributed by atoms with Crippen molar-refractivity contribution in [1.82, 2.24) is 9.38 Å². The molecule has 2 rings (SSSR count). The second kappa shape index (κ2) is 2.90. The van der Waals surface area contributed by atoms with Crippen LogP contribution in [0.25, 0.3) is 5.52 Å². The zero-order valence-electron chi connectivity index (χ0n) is 6.79. The summed E-state index contributed by atoms with van der Waals surface area (Å²) in [6.45, 7) is 2.14. The molecule has 0 saturated carbocycles. The SMILES string of the molecule is CCc1c(Br)ccc2cncn12. The molecule has 0 aliphatic carbocycles. The summed E-state index contributed by atoms with van der Waals surface area (Å²) in [6.07, 6.45) is 4.72. The van der Waals surface area contributed by atoms with Crippen LogP contribution in [-0.2, 0) is 6.42 Å². The number of pyridine rings is 1. The summed E-state index contributed by atoms with van der Waals surface area (Å²) in [6, 6.07) is 4.12. The molecule has 12 heavy (non-hydrogen) atoms. The van der Waals surface area contributed by atoms with Crippen molar-refractivity contribution in [3.05, 3.63) is 34.8 Å². The van der Waals surface area contributed by atoms with E-state index in [0.717, 1.165) is 16.4 Å². The fraction of sp³-hybridized carbons (Fsp3) is 0.222. The number of hydrogen-bond acceptors (Lipinski definition) is 1. The largest absolute Gasteiger partial charge is 0.302 e. The van der Waals surface area contributed by atoms with Crippen LogP contribution >= 0.6 is 15.9 Å². The number of nitrogens with zero attached hydrogens (tertiary/aromatic N) is 2. The first-order valence-corrected chi connectivity index (χ1v) is 4.71. The van der Waals surface area contributed by atoms with Gasteiger partial charge in [0.15, 0.2) is 0 Å². The molecule has 0 fully saturated rings. The Morgan fingerprint density at radius 2 is 2.33 bits per heavy atom. The number of aryl methyl sites for hydroxylation is 1. The monoisotopic (exact) mass is 224 g/mol. The average molecular weight is 225 g/mol. The Morgan fingerprint density at radius 1 is 1.50 bits per heavy atom. The molecule has 2 heterocycles. The highest BCUT2D eigenvalue weighted by molar-refractivity contribution is 9.10. The summed E-state index contributed by atoms with van der Waals surface area (Å²) in [5, 5.41) is 0. The Bertz CT molecular complexity index is 406. The van der Waals surface area contributed by atoms with E-state index >= 15 is 0 Å². The molecule has 0 saturated heterocycles. The molecule has 0 radical (unpaired) electrons. The van der Waals surface area contributed by atoms with Gasteiger partial charge in [0.25, 0.3) is 0 Å². The molecule has 0 unspecified atom stereocenters. The molecule has 0 aromatic carbocycles. The molecule has 0 aliphatic rings. The molecule has 0 atom stereocenters. The maximum atomic E-state index is 4.09. The average Bonchev–Trinajstić information content (AvgIpc) is 2.52. The van der Waals surface area contributed by atoms with Crippen molar-refractivity contribution in [2.24, 2.45) is 0 Å². The quantitative estimate of drug-likeness (QED) is 0.729. The number of halogens is 1. The van der Waals surface area contributed by atoms with Crippen molar-refractivity contribution in [3.63, 3.8) is 0 Å². The molecule has 0 amide bonds. The van der Waals surface area contributed by atoms with Crippen LogP contribution in [0.4, 0.5) is 0 Å². The highest BCUT2D eigenvalue weighted by atomic mass is 79.9. The van der Waals surface area contributed by atoms with E-state index in [1.165, 1.54) is 5.69 Å². The fourth-order valence-corrected chi connectivity index (χ4v) is 1.97. The van der Waals surface area contributed by atoms with Gasteiger partial charge in [0, 0.05) is 10.2 Å². The normalized spacial score (nSPS) is 10.8. The van der Waals surface area contributed by atoms with Crippen LogP contribution in [0.3, 0.4) is 0 Å². The van der Waals surface area contributed by atoms with Gasteiger partial charge in [-0.3, -0.25) is 0 Å². The highest BCUT2D eigenvalue weighted by Crippen LogP contribution is 2.18. The van der Waals surface area contributed by atoms with Crippen LogP contribution in [0.15, 0.2) is 29.1 Å². The fourth-order valence-electron chi connectivity index (χ4n) is 1.36. The van der Waals surface area contributed by atoms with Crippen LogP contribution in [0.5, 0.6) is 0 Å². The molecule has 0 N–H and O–H groups in total. The number of hydrogen-bond donors (Lipinski definition) is 0. The highest BCUT2D eigenvalue weighted by Gasteiger charge is 2.02. The van der Waals surface area contributed by atoms with Crippen molar-refractivity contribution < 1.29 is 0 Å². The van der Waals surface area contributed by atoms with E-state index in [2.05, 4.69) is 44.4 Å². The molecule has 0 aliphatic heterocycles. The van der Waals surface area contributed by atoms with Gasteiger partial charge < -0.3 is 4.40 Å². The minimum Gasteiger partial charge on any atom is -0.302 e. The lowest BCUT2D eigenvalue weighted by molar-refractivity contribution is 0.961. The van der Waals surface area contributed by atoms with Gasteiger partial charge in [-0.1, -0.05) is 6.92 Å². The van der Waals surface area contributed by atoms with Gasteiger partial charge in [-0.25, -0.2) is 4.98 Å². The van der Waals surface area contributed by atoms with Crippen molar-refractivity contribution in [2.45, 2.75) is 13.3 Å². The van der Waals surface area contributed by atoms with Gasteiger partial charge in [0.1, 0.15) is 0 Å². The van der Waals surface area contributed by atoms with E-state index in [1.807, 2.05) is 12.5 Å². The molecule has 62 valence electrons. The first-order valence-electron chi connectivity index (χ1n) is 3.92. The van der Waals surface area contributed by atoms with E-state index in [0.29, 0.717) is 0 Å². The van der Waals surface area contributed by atoms with E-state index in [1.54, 1.807) is 0 Å². The second-order valence-corrected chi connectivity index (χ2v) is 3.52. The van der Waals surface area contributed by atoms with Crippen LogP contribution < -0.4 is 0 Å². The molecule has 0 spiro atoms. The zero-order chi connectivity index (χ0) is 8.55. The lowest BCUT2D eigenvalue weighted by Gasteiger charge is -2.04. The first-order chi connectivity index (χ1) is 5.83. The Hall–Kier alpha value is -0.830. The smallest absolute Gasteiger partial charge is 0.0994 e. The first kappa shape index (κ1) is 7.80. The summed E-state index contributed by atoms with van der Waals surface area (Å²) in [5.74, 6) is 0. The van der Waals surface area contributed by atoms with Gasteiger partial charge in [-0.2, -0.15) is 0 Å². The van der Waals surface area contributed by atoms with Crippen molar-refractivity contribution >= 4 is 21.4 Å². The third-order valence-corrected chi connectivity index (χ3v) is 2.69. The molecular formula is C9H9BrN2. The standard InChI is InChI=1S/C9H9BrN2/c1-2-9-8(10)4-3-7-5-11-6-12(7)9/h3-6H,2H2,1H3. The third kappa shape index (κ3) is 1.05. The third-order valence-electron chi connectivity index (χ3n) is 1.97. The van der Waals surface area contributed by atoms with Crippen LogP contribution in [0.2, 0.25) is 0 Å². The Kier molecular flexibility index (Phi) is 1.89. The number of imidazole rings is 1. The lowest BCUT2D eigenvalue weighted by atomic mass is 10.3. The van der Waals surface area contributed by atoms with Crippen LogP contribution in [0, 0.1) is 0 Å². The Labute approximate surface area is 79.4 Å². The number of fused-ring (bicyclic) bond motifs is 1. The van der Waals surface area contributed by atoms with Gasteiger partial charge in [0.05, 0.1) is 18.0 Å². The van der Waals surface area contributed by atoms with Gasteiger partial charge in [-0.05, 0) is 34.5 Å². The van der Waals surface area contributed by atoms with Crippen LogP contribution in [-0.4, -0.2) is 9.38 Å². The van der Waals surface area contributed by atoms with E-state index in [4.69, 9.17) is 0 Å². The predicted octanol–water partition coefficient (Wildman–Crippen LogP) is 2.66. The zero-order valence-corrected chi connectivity index (χ0v) is 8.37. The summed E-state index contributed by atoms with van der Waals surface area (Å²) in [5.41, 5.74) is 2.42. The summed E-state index contributed by atoms with van der Waals surface area (Å²) < 4.78 is 3.25. The summed E-state index contributed by atoms with van der Waals surface area (Å²) in [7, 11) is 0. The van der Waals surface area contributed by atoms with Gasteiger partial charge >= 0.3 is 0 Å². The summed E-state index contributed by atoms with van der Waals surface area (Å²) >= 11 is 3.51. The molecule has 0 bridgehead atoms. The molecule has 2 aromatic heterocycles. The van der Waals surface area contributed by atoms with E-state index < -0.39 is 0 Å². The maximum Gasteiger partial charge on any atom is 0.0994 e. The number of aromatic nitrogens is 2. The van der Waals surface area contributed by atoms with E-state index in [-0.39, 0.29) is 0 Å². The van der Waals surface area contributed by atoms with Crippen molar-refractivity contribution in [2.75, 3.05) is 0 Å². The number of rotatable bonds is 1. The molecule has 2 aromatic rings. The molecular weight excluding hydrogens is 216 g/mol. The summed E-state index contributed by atoms with van der Waals surface area (Å²) in [4.78, 5) is 4.09. The lowest BCUT2D eigenvalue weighted by Crippen LogP contribution is -1.94. The maximum absolute atomic E-state index is 4.09. The topological polar surface area (TPSA) is 17.3 Å².